The van der Waals surface area contributed by atoms with Gasteiger partial charge in [0.05, 0.1) is 10.5 Å². The largest absolute Gasteiger partial charge is 0.484 e. The summed E-state index contributed by atoms with van der Waals surface area (Å²) in [5.41, 5.74) is -0.263. The molecule has 0 aliphatic heterocycles. The summed E-state index contributed by atoms with van der Waals surface area (Å²) in [7, 11) is 1.77. The van der Waals surface area contributed by atoms with Gasteiger partial charge in [0, 0.05) is 12.6 Å². The van der Waals surface area contributed by atoms with Gasteiger partial charge in [-0.3, -0.25) is 10.1 Å². The molecule has 0 saturated heterocycles. The Morgan fingerprint density at radius 2 is 2.21 bits per heavy atom. The standard InChI is InChI=1S/C13H20N2O4/c1-4-13(2,16)9-19-12-6-5-10(8-14-3)7-11(12)15(17)18/h5-7,14,16H,4,8-9H2,1-3H3. The summed E-state index contributed by atoms with van der Waals surface area (Å²) in [6.07, 6.45) is 0.513. The van der Waals surface area contributed by atoms with Crippen molar-refractivity contribution in [2.24, 2.45) is 0 Å². The van der Waals surface area contributed by atoms with Crippen LogP contribution in [0.3, 0.4) is 0 Å². The Bertz CT molecular complexity index is 446. The van der Waals surface area contributed by atoms with Gasteiger partial charge in [-0.15, -0.1) is 0 Å². The fourth-order valence-electron chi connectivity index (χ4n) is 1.48. The number of rotatable bonds is 7. The number of ether oxygens (including phenoxy) is 1. The molecular weight excluding hydrogens is 248 g/mol. The number of nitro benzene ring substituents is 1. The Kier molecular flexibility index (Phi) is 5.26. The molecule has 0 amide bonds. The number of nitrogens with zero attached hydrogens (tertiary/aromatic N) is 1. The quantitative estimate of drug-likeness (QED) is 0.582. The van der Waals surface area contributed by atoms with Gasteiger partial charge in [-0.1, -0.05) is 13.0 Å². The summed E-state index contributed by atoms with van der Waals surface area (Å²) in [4.78, 5) is 10.5. The van der Waals surface area contributed by atoms with Crippen LogP contribution in [0.5, 0.6) is 5.75 Å². The minimum absolute atomic E-state index is 0.0235. The molecule has 0 spiro atoms. The van der Waals surface area contributed by atoms with E-state index in [-0.39, 0.29) is 18.0 Å². The monoisotopic (exact) mass is 268 g/mol. The lowest BCUT2D eigenvalue weighted by Crippen LogP contribution is -2.31. The van der Waals surface area contributed by atoms with Crippen molar-refractivity contribution in [1.82, 2.24) is 5.32 Å². The molecule has 106 valence electrons. The number of nitrogens with one attached hydrogen (secondary N) is 1. The second-order valence-electron chi connectivity index (χ2n) is 4.73. The highest BCUT2D eigenvalue weighted by molar-refractivity contribution is 5.48. The van der Waals surface area contributed by atoms with Crippen LogP contribution in [0.15, 0.2) is 18.2 Å². The van der Waals surface area contributed by atoms with E-state index in [9.17, 15) is 15.2 Å². The Hall–Kier alpha value is -1.66. The lowest BCUT2D eigenvalue weighted by molar-refractivity contribution is -0.386. The topological polar surface area (TPSA) is 84.6 Å². The molecule has 2 N–H and O–H groups in total. The van der Waals surface area contributed by atoms with Gasteiger partial charge in [-0.25, -0.2) is 0 Å². The summed E-state index contributed by atoms with van der Waals surface area (Å²) in [5, 5.41) is 23.8. The average molecular weight is 268 g/mol. The predicted octanol–water partition coefficient (Wildman–Crippen LogP) is 1.85. The van der Waals surface area contributed by atoms with Crippen LogP contribution in [0.1, 0.15) is 25.8 Å². The van der Waals surface area contributed by atoms with Gasteiger partial charge in [-0.05, 0) is 32.0 Å². The molecule has 1 aromatic rings. The Morgan fingerprint density at radius 1 is 1.53 bits per heavy atom. The molecule has 0 radical (unpaired) electrons. The van der Waals surface area contributed by atoms with Crippen molar-refractivity contribution in [3.8, 4) is 5.75 Å². The summed E-state index contributed by atoms with van der Waals surface area (Å²) >= 11 is 0. The molecule has 0 fully saturated rings. The van der Waals surface area contributed by atoms with Gasteiger partial charge in [0.15, 0.2) is 5.75 Å². The number of aliphatic hydroxyl groups is 1. The Morgan fingerprint density at radius 3 is 2.74 bits per heavy atom. The van der Waals surface area contributed by atoms with Crippen LogP contribution in [0.2, 0.25) is 0 Å². The van der Waals surface area contributed by atoms with Crippen LogP contribution in [0.4, 0.5) is 5.69 Å². The average Bonchev–Trinajstić information content (AvgIpc) is 2.37. The van der Waals surface area contributed by atoms with Crippen molar-refractivity contribution in [2.75, 3.05) is 13.7 Å². The molecule has 6 nitrogen and oxygen atoms in total. The van der Waals surface area contributed by atoms with E-state index in [0.717, 1.165) is 5.56 Å². The fraction of sp³-hybridized carbons (Fsp3) is 0.538. The summed E-state index contributed by atoms with van der Waals surface area (Å²) < 4.78 is 5.38. The minimum Gasteiger partial charge on any atom is -0.484 e. The lowest BCUT2D eigenvalue weighted by Gasteiger charge is -2.21. The molecule has 0 bridgehead atoms. The third-order valence-electron chi connectivity index (χ3n) is 2.90. The zero-order chi connectivity index (χ0) is 14.5. The molecule has 6 heteroatoms. The van der Waals surface area contributed by atoms with E-state index in [0.29, 0.717) is 13.0 Å². The van der Waals surface area contributed by atoms with E-state index >= 15 is 0 Å². The maximum Gasteiger partial charge on any atom is 0.311 e. The van der Waals surface area contributed by atoms with Crippen molar-refractivity contribution in [2.45, 2.75) is 32.4 Å². The first-order valence-corrected chi connectivity index (χ1v) is 6.16. The van der Waals surface area contributed by atoms with E-state index in [2.05, 4.69) is 5.32 Å². The smallest absolute Gasteiger partial charge is 0.311 e. The Balaban J connectivity index is 2.91. The maximum absolute atomic E-state index is 11.0. The van der Waals surface area contributed by atoms with E-state index in [1.807, 2.05) is 6.92 Å². The van der Waals surface area contributed by atoms with Crippen LogP contribution in [-0.4, -0.2) is 29.3 Å². The Labute approximate surface area is 112 Å². The first-order chi connectivity index (χ1) is 8.89. The summed E-state index contributed by atoms with van der Waals surface area (Å²) in [5.74, 6) is 0.179. The molecule has 0 aliphatic carbocycles. The number of hydrogen-bond acceptors (Lipinski definition) is 5. The summed E-state index contributed by atoms with van der Waals surface area (Å²) in [6, 6.07) is 4.81. The molecule has 0 saturated carbocycles. The molecule has 19 heavy (non-hydrogen) atoms. The normalized spacial score (nSPS) is 13.9. The van der Waals surface area contributed by atoms with Crippen LogP contribution in [0, 0.1) is 10.1 Å². The minimum atomic E-state index is -0.989. The van der Waals surface area contributed by atoms with Crippen molar-refractivity contribution in [3.05, 3.63) is 33.9 Å². The van der Waals surface area contributed by atoms with Crippen LogP contribution >= 0.6 is 0 Å². The van der Waals surface area contributed by atoms with Crippen molar-refractivity contribution >= 4 is 5.69 Å². The number of nitro groups is 1. The van der Waals surface area contributed by atoms with Crippen molar-refractivity contribution in [1.29, 1.82) is 0 Å². The van der Waals surface area contributed by atoms with Gasteiger partial charge in [0.2, 0.25) is 0 Å². The fourth-order valence-corrected chi connectivity index (χ4v) is 1.48. The summed E-state index contributed by atoms with van der Waals surface area (Å²) in [6.45, 7) is 4.03. The van der Waals surface area contributed by atoms with Gasteiger partial charge >= 0.3 is 5.69 Å². The second-order valence-corrected chi connectivity index (χ2v) is 4.73. The van der Waals surface area contributed by atoms with Crippen LogP contribution in [-0.2, 0) is 6.54 Å². The lowest BCUT2D eigenvalue weighted by atomic mass is 10.1. The molecular formula is C13H20N2O4. The third-order valence-corrected chi connectivity index (χ3v) is 2.90. The molecule has 1 atom stereocenters. The van der Waals surface area contributed by atoms with E-state index < -0.39 is 10.5 Å². The molecule has 1 aromatic carbocycles. The highest BCUT2D eigenvalue weighted by atomic mass is 16.6. The zero-order valence-electron chi connectivity index (χ0n) is 11.5. The third kappa shape index (κ3) is 4.50. The van der Waals surface area contributed by atoms with Crippen LogP contribution in [0.25, 0.3) is 0 Å². The van der Waals surface area contributed by atoms with Gasteiger partial charge in [0.25, 0.3) is 0 Å². The molecule has 0 aliphatic rings. The predicted molar refractivity (Wildman–Crippen MR) is 72.3 cm³/mol. The first-order valence-electron chi connectivity index (χ1n) is 6.16. The first kappa shape index (κ1) is 15.4. The zero-order valence-corrected chi connectivity index (χ0v) is 11.5. The maximum atomic E-state index is 11.0. The van der Waals surface area contributed by atoms with Gasteiger partial charge in [0.1, 0.15) is 6.61 Å². The number of benzene rings is 1. The van der Waals surface area contributed by atoms with E-state index in [1.165, 1.54) is 6.07 Å². The van der Waals surface area contributed by atoms with Crippen molar-refractivity contribution < 1.29 is 14.8 Å². The molecule has 0 aromatic heterocycles. The van der Waals surface area contributed by atoms with Crippen LogP contribution < -0.4 is 10.1 Å². The van der Waals surface area contributed by atoms with Gasteiger partial charge < -0.3 is 15.2 Å². The molecule has 1 rings (SSSR count). The second kappa shape index (κ2) is 6.49. The van der Waals surface area contributed by atoms with E-state index in [4.69, 9.17) is 4.74 Å². The highest BCUT2D eigenvalue weighted by Crippen LogP contribution is 2.29. The number of hydrogen-bond donors (Lipinski definition) is 2. The SMILES string of the molecule is CCC(C)(O)COc1ccc(CNC)cc1[N+](=O)[O-]. The van der Waals surface area contributed by atoms with Gasteiger partial charge in [-0.2, -0.15) is 0 Å². The molecule has 0 heterocycles. The van der Waals surface area contributed by atoms with Crippen molar-refractivity contribution in [3.63, 3.8) is 0 Å². The molecule has 1 unspecified atom stereocenters. The highest BCUT2D eigenvalue weighted by Gasteiger charge is 2.22. The van der Waals surface area contributed by atoms with E-state index in [1.54, 1.807) is 26.1 Å².